The topological polar surface area (TPSA) is 52.0 Å². The Morgan fingerprint density at radius 3 is 2.35 bits per heavy atom. The van der Waals surface area contributed by atoms with Gasteiger partial charge in [0.15, 0.2) is 9.84 Å². The number of nitrogens with zero attached hydrogens (tertiary/aromatic N) is 2. The lowest BCUT2D eigenvalue weighted by atomic mass is 10.4. The van der Waals surface area contributed by atoms with Gasteiger partial charge in [-0.25, -0.2) is 8.42 Å². The van der Waals surface area contributed by atoms with Crippen molar-refractivity contribution in [3.63, 3.8) is 0 Å². The van der Waals surface area contributed by atoms with Gasteiger partial charge in [0, 0.05) is 24.0 Å². The molecule has 0 aliphatic heterocycles. The molecule has 2 aromatic rings. The summed E-state index contributed by atoms with van der Waals surface area (Å²) < 4.78 is 25.7. The van der Waals surface area contributed by atoms with Crippen LogP contribution in [0.25, 0.3) is 0 Å². The van der Waals surface area contributed by atoms with Crippen molar-refractivity contribution in [3.05, 3.63) is 40.1 Å². The zero-order chi connectivity index (χ0) is 14.9. The van der Waals surface area contributed by atoms with Gasteiger partial charge in [-0.05, 0) is 47.1 Å². The molecule has 0 N–H and O–H groups in total. The number of thioether (sulfide) groups is 1. The van der Waals surface area contributed by atoms with Gasteiger partial charge >= 0.3 is 0 Å². The molecule has 1 aromatic heterocycles. The summed E-state index contributed by atoms with van der Waals surface area (Å²) in [5.41, 5.74) is 2.08. The normalized spacial score (nSPS) is 11.8. The number of sulfone groups is 1. The minimum Gasteiger partial charge on any atom is -0.270 e. The number of hydrogen-bond acceptors (Lipinski definition) is 4. The molecule has 1 heterocycles. The molecule has 0 fully saturated rings. The number of aryl methyl sites for hydroxylation is 2. The summed E-state index contributed by atoms with van der Waals surface area (Å²) in [6, 6.07) is 6.94. The van der Waals surface area contributed by atoms with Crippen molar-refractivity contribution in [2.75, 3.05) is 6.26 Å². The number of halogens is 1. The minimum absolute atomic E-state index is 0.347. The van der Waals surface area contributed by atoms with Crippen molar-refractivity contribution in [2.24, 2.45) is 7.05 Å². The summed E-state index contributed by atoms with van der Waals surface area (Å²) in [4.78, 5) is 1.38. The van der Waals surface area contributed by atoms with Crippen molar-refractivity contribution < 1.29 is 8.42 Å². The van der Waals surface area contributed by atoms with Gasteiger partial charge < -0.3 is 0 Å². The lowest BCUT2D eigenvalue weighted by molar-refractivity contribution is 0.602. The molecule has 0 radical (unpaired) electrons. The van der Waals surface area contributed by atoms with Gasteiger partial charge in [-0.3, -0.25) is 4.68 Å². The highest BCUT2D eigenvalue weighted by atomic mass is 79.9. The van der Waals surface area contributed by atoms with Crippen molar-refractivity contribution in [3.8, 4) is 0 Å². The largest absolute Gasteiger partial charge is 0.270 e. The van der Waals surface area contributed by atoms with E-state index in [4.69, 9.17) is 0 Å². The Labute approximate surface area is 131 Å². The fourth-order valence-corrected chi connectivity index (χ4v) is 4.03. The quantitative estimate of drug-likeness (QED) is 0.771. The summed E-state index contributed by atoms with van der Waals surface area (Å²) in [6.45, 7) is 1.96. The zero-order valence-corrected chi connectivity index (χ0v) is 14.6. The van der Waals surface area contributed by atoms with Crippen molar-refractivity contribution in [1.82, 2.24) is 9.78 Å². The van der Waals surface area contributed by atoms with Crippen LogP contribution in [0.3, 0.4) is 0 Å². The van der Waals surface area contributed by atoms with Gasteiger partial charge in [0.1, 0.15) is 0 Å². The second-order valence-electron chi connectivity index (χ2n) is 4.50. The molecule has 0 bridgehead atoms. The van der Waals surface area contributed by atoms with Crippen molar-refractivity contribution in [1.29, 1.82) is 0 Å². The predicted molar refractivity (Wildman–Crippen MR) is 84.8 cm³/mol. The molecule has 7 heteroatoms. The zero-order valence-electron chi connectivity index (χ0n) is 11.4. The molecule has 0 unspecified atom stereocenters. The molecule has 0 aliphatic rings. The molecule has 0 aliphatic carbocycles. The Bertz CT molecular complexity index is 722. The first-order chi connectivity index (χ1) is 9.29. The number of benzene rings is 1. The van der Waals surface area contributed by atoms with Crippen molar-refractivity contribution >= 4 is 37.5 Å². The number of rotatable bonds is 4. The van der Waals surface area contributed by atoms with Crippen LogP contribution in [0, 0.1) is 6.92 Å². The highest BCUT2D eigenvalue weighted by Crippen LogP contribution is 2.29. The van der Waals surface area contributed by atoms with Gasteiger partial charge in [-0.15, -0.1) is 11.8 Å². The molecule has 108 valence electrons. The summed E-state index contributed by atoms with van der Waals surface area (Å²) >= 11 is 5.19. The Morgan fingerprint density at radius 2 is 1.90 bits per heavy atom. The van der Waals surface area contributed by atoms with E-state index >= 15 is 0 Å². The van der Waals surface area contributed by atoms with Crippen LogP contribution in [0.1, 0.15) is 11.4 Å². The van der Waals surface area contributed by atoms with E-state index in [1.807, 2.05) is 30.8 Å². The van der Waals surface area contributed by atoms with E-state index in [2.05, 4.69) is 21.0 Å². The fourth-order valence-electron chi connectivity index (χ4n) is 1.77. The van der Waals surface area contributed by atoms with E-state index in [-0.39, 0.29) is 0 Å². The fraction of sp³-hybridized carbons (Fsp3) is 0.308. The van der Waals surface area contributed by atoms with Crippen LogP contribution in [0.15, 0.2) is 38.5 Å². The molecule has 0 spiro atoms. The second-order valence-corrected chi connectivity index (χ2v) is 8.36. The summed E-state index contributed by atoms with van der Waals surface area (Å²) in [5.74, 6) is 0.774. The monoisotopic (exact) mass is 374 g/mol. The van der Waals surface area contributed by atoms with Gasteiger partial charge in [-0.2, -0.15) is 5.10 Å². The molecule has 0 saturated heterocycles. The highest BCUT2D eigenvalue weighted by Gasteiger charge is 2.11. The van der Waals surface area contributed by atoms with E-state index in [1.165, 1.54) is 6.26 Å². The predicted octanol–water partition coefficient (Wildman–Crippen LogP) is 3.19. The Hall–Kier alpha value is -0.790. The van der Waals surface area contributed by atoms with Gasteiger partial charge in [-0.1, -0.05) is 0 Å². The molecular formula is C13H15BrN2O2S2. The standard InChI is InChI=1S/C13H15BrN2O2S2/c1-9-13(14)12(16(2)15-9)8-19-10-4-6-11(7-5-10)20(3,17)18/h4-7H,8H2,1-3H3. The van der Waals surface area contributed by atoms with E-state index in [0.29, 0.717) is 4.90 Å². The molecular weight excluding hydrogens is 360 g/mol. The van der Waals surface area contributed by atoms with Gasteiger partial charge in [0.2, 0.25) is 0 Å². The molecule has 1 aromatic carbocycles. The Morgan fingerprint density at radius 1 is 1.30 bits per heavy atom. The third-order valence-electron chi connectivity index (χ3n) is 2.89. The third-order valence-corrected chi connectivity index (χ3v) is 6.07. The first-order valence-corrected chi connectivity index (χ1v) is 9.57. The van der Waals surface area contributed by atoms with Crippen LogP contribution >= 0.6 is 27.7 Å². The van der Waals surface area contributed by atoms with E-state index in [0.717, 1.165) is 26.5 Å². The first-order valence-electron chi connectivity index (χ1n) is 5.90. The smallest absolute Gasteiger partial charge is 0.175 e. The Balaban J connectivity index is 2.12. The maximum Gasteiger partial charge on any atom is 0.175 e. The van der Waals surface area contributed by atoms with Crippen molar-refractivity contribution in [2.45, 2.75) is 22.5 Å². The van der Waals surface area contributed by atoms with E-state index < -0.39 is 9.84 Å². The average molecular weight is 375 g/mol. The van der Waals surface area contributed by atoms with Crippen LogP contribution in [-0.2, 0) is 22.6 Å². The highest BCUT2D eigenvalue weighted by molar-refractivity contribution is 9.10. The third kappa shape index (κ3) is 3.45. The maximum atomic E-state index is 11.4. The average Bonchev–Trinajstić information content (AvgIpc) is 2.61. The molecule has 0 saturated carbocycles. The second kappa shape index (κ2) is 5.91. The first kappa shape index (κ1) is 15.6. The minimum atomic E-state index is -3.13. The molecule has 0 amide bonds. The van der Waals surface area contributed by atoms with Crippen LogP contribution in [0.4, 0.5) is 0 Å². The lowest BCUT2D eigenvalue weighted by Gasteiger charge is -2.04. The van der Waals surface area contributed by atoms with Crippen LogP contribution in [-0.4, -0.2) is 24.5 Å². The van der Waals surface area contributed by atoms with Crippen LogP contribution < -0.4 is 0 Å². The maximum absolute atomic E-state index is 11.4. The summed E-state index contributed by atoms with van der Waals surface area (Å²) in [6.07, 6.45) is 1.21. The van der Waals surface area contributed by atoms with Crippen LogP contribution in [0.2, 0.25) is 0 Å². The number of hydrogen-bond donors (Lipinski definition) is 0. The SMILES string of the molecule is Cc1nn(C)c(CSc2ccc(S(C)(=O)=O)cc2)c1Br. The molecule has 2 rings (SSSR count). The number of aromatic nitrogens is 2. The summed E-state index contributed by atoms with van der Waals surface area (Å²) in [5, 5.41) is 4.35. The molecule has 4 nitrogen and oxygen atoms in total. The van der Waals surface area contributed by atoms with Gasteiger partial charge in [0.25, 0.3) is 0 Å². The van der Waals surface area contributed by atoms with E-state index in [9.17, 15) is 8.42 Å². The molecule has 0 atom stereocenters. The Kier molecular flexibility index (Phi) is 4.61. The van der Waals surface area contributed by atoms with Gasteiger partial charge in [0.05, 0.1) is 20.8 Å². The van der Waals surface area contributed by atoms with E-state index in [1.54, 1.807) is 23.9 Å². The summed E-state index contributed by atoms with van der Waals surface area (Å²) in [7, 11) is -1.21. The molecule has 20 heavy (non-hydrogen) atoms. The lowest BCUT2D eigenvalue weighted by Crippen LogP contribution is -1.97. The van der Waals surface area contributed by atoms with Crippen LogP contribution in [0.5, 0.6) is 0 Å².